The maximum Gasteiger partial charge on any atom is 0.251 e. The Morgan fingerprint density at radius 2 is 1.67 bits per heavy atom. The van der Waals surface area contributed by atoms with Crippen LogP contribution in [-0.4, -0.2) is 122 Å². The van der Waals surface area contributed by atoms with Crippen LogP contribution in [0.25, 0.3) is 0 Å². The number of quaternary nitrogens is 1. The maximum absolute atomic E-state index is 14.3. The molecule has 0 aromatic carbocycles. The molecule has 3 saturated carbocycles. The molecule has 11 atom stereocenters. The second kappa shape index (κ2) is 12.3. The molecule has 4 heterocycles. The van der Waals surface area contributed by atoms with Gasteiger partial charge in [0.2, 0.25) is 5.91 Å². The van der Waals surface area contributed by atoms with E-state index in [9.17, 15) is 9.59 Å². The molecule has 236 valence electrons. The predicted molar refractivity (Wildman–Crippen MR) is 158 cm³/mol. The van der Waals surface area contributed by atoms with Crippen LogP contribution in [0.2, 0.25) is 0 Å². The number of amides is 2. The van der Waals surface area contributed by atoms with Gasteiger partial charge in [-0.3, -0.25) is 14.5 Å². The second-order valence-electron chi connectivity index (χ2n) is 14.6. The van der Waals surface area contributed by atoms with Gasteiger partial charge in [0.15, 0.2) is 0 Å². The van der Waals surface area contributed by atoms with E-state index in [-0.39, 0.29) is 30.1 Å². The third kappa shape index (κ3) is 5.03. The Hall–Kier alpha value is -1.26. The van der Waals surface area contributed by atoms with Gasteiger partial charge >= 0.3 is 0 Å². The largest absolute Gasteiger partial charge is 0.379 e. The van der Waals surface area contributed by atoms with Crippen molar-refractivity contribution in [2.24, 2.45) is 23.7 Å². The molecule has 7 aliphatic rings. The lowest BCUT2D eigenvalue weighted by molar-refractivity contribution is -0.713. The monoisotopic (exact) mass is 587 g/mol. The first-order valence-corrected chi connectivity index (χ1v) is 17.4. The Balaban J connectivity index is 0.990. The number of piperidine rings is 2. The van der Waals surface area contributed by atoms with Gasteiger partial charge < -0.3 is 29.3 Å². The van der Waals surface area contributed by atoms with Gasteiger partial charge in [0, 0.05) is 64.8 Å². The average Bonchev–Trinajstić information content (AvgIpc) is 3.37. The number of fused-ring (bicyclic) bond motifs is 5. The molecule has 4 aliphatic heterocycles. The van der Waals surface area contributed by atoms with E-state index < -0.39 is 6.10 Å². The summed E-state index contributed by atoms with van der Waals surface area (Å²) < 4.78 is 18.4. The number of ether oxygens (including phenoxy) is 3. The summed E-state index contributed by atoms with van der Waals surface area (Å²) in [4.78, 5) is 34.8. The molecule has 2 N–H and O–H groups in total. The van der Waals surface area contributed by atoms with Crippen LogP contribution < -0.4 is 5.32 Å². The van der Waals surface area contributed by atoms with E-state index in [0.717, 1.165) is 70.9 Å². The minimum atomic E-state index is -0.401. The molecule has 42 heavy (non-hydrogen) atoms. The average molecular weight is 588 g/mol. The van der Waals surface area contributed by atoms with Gasteiger partial charge in [0.1, 0.15) is 12.1 Å². The fourth-order valence-electron chi connectivity index (χ4n) is 11.0. The molecule has 0 aromatic heterocycles. The maximum atomic E-state index is 14.3. The molecule has 11 unspecified atom stereocenters. The van der Waals surface area contributed by atoms with Crippen molar-refractivity contribution in [3.8, 4) is 0 Å². The van der Waals surface area contributed by atoms with Gasteiger partial charge in [0.25, 0.3) is 5.91 Å². The van der Waals surface area contributed by atoms with Crippen LogP contribution in [0.1, 0.15) is 77.6 Å². The second-order valence-corrected chi connectivity index (χ2v) is 14.6. The SMILES string of the molecule is COC1CCC2C3[NH2+]CCC4C5CC(OC(C)C(=O)N6CCN(C7CCCCC7)CC6)CCC5N(C(=O)C2C1OC)C43. The normalized spacial score (nSPS) is 43.5. The Kier molecular flexibility index (Phi) is 8.60. The van der Waals surface area contributed by atoms with Crippen LogP contribution in [0.3, 0.4) is 0 Å². The van der Waals surface area contributed by atoms with Crippen molar-refractivity contribution >= 4 is 11.8 Å². The van der Waals surface area contributed by atoms with Crippen LogP contribution in [0, 0.1) is 23.7 Å². The molecule has 0 aromatic rings. The Morgan fingerprint density at radius 1 is 0.881 bits per heavy atom. The van der Waals surface area contributed by atoms with Crippen LogP contribution >= 0.6 is 0 Å². The lowest BCUT2D eigenvalue weighted by atomic mass is 9.64. The molecule has 0 spiro atoms. The van der Waals surface area contributed by atoms with Gasteiger partial charge in [-0.2, -0.15) is 0 Å². The highest BCUT2D eigenvalue weighted by molar-refractivity contribution is 5.83. The first-order valence-electron chi connectivity index (χ1n) is 17.4. The first kappa shape index (κ1) is 29.5. The Bertz CT molecular complexity index is 983. The molecule has 9 heteroatoms. The number of carbonyl (C=O) groups excluding carboxylic acids is 2. The van der Waals surface area contributed by atoms with Crippen molar-refractivity contribution in [1.82, 2.24) is 14.7 Å². The smallest absolute Gasteiger partial charge is 0.251 e. The molecule has 2 amide bonds. The molecular weight excluding hydrogens is 532 g/mol. The number of carbonyl (C=O) groups is 2. The highest BCUT2D eigenvalue weighted by Gasteiger charge is 2.66. The number of hydrogen-bond donors (Lipinski definition) is 1. The van der Waals surface area contributed by atoms with Crippen LogP contribution in [0.4, 0.5) is 0 Å². The fraction of sp³-hybridized carbons (Fsp3) is 0.939. The summed E-state index contributed by atoms with van der Waals surface area (Å²) in [5.41, 5.74) is 0. The van der Waals surface area contributed by atoms with E-state index >= 15 is 0 Å². The first-order chi connectivity index (χ1) is 20.5. The highest BCUT2D eigenvalue weighted by Crippen LogP contribution is 2.53. The number of hydrogen-bond acceptors (Lipinski definition) is 6. The summed E-state index contributed by atoms with van der Waals surface area (Å²) in [6.45, 7) is 6.75. The standard InChI is InChI=1S/C33H54N4O5/c1-20(32(38)36-17-15-35(16-18-36)21-7-5-4-6-8-21)42-22-9-11-26-25(19-22)23-13-14-34-29-24-10-12-27(40-2)31(41-3)28(24)33(39)37(26)30(23)29/h20-31,34H,4-19H2,1-3H3/p+1. The van der Waals surface area contributed by atoms with E-state index in [0.29, 0.717) is 41.8 Å². The molecule has 7 rings (SSSR count). The molecule has 7 fully saturated rings. The summed E-state index contributed by atoms with van der Waals surface area (Å²) in [7, 11) is 3.51. The third-order valence-corrected chi connectivity index (χ3v) is 12.9. The molecule has 0 radical (unpaired) electrons. The zero-order valence-corrected chi connectivity index (χ0v) is 26.2. The van der Waals surface area contributed by atoms with Crippen molar-refractivity contribution in [2.45, 2.75) is 126 Å². The molecule has 9 nitrogen and oxygen atoms in total. The van der Waals surface area contributed by atoms with Gasteiger partial charge in [-0.15, -0.1) is 0 Å². The summed E-state index contributed by atoms with van der Waals surface area (Å²) in [5, 5.41) is 2.55. The van der Waals surface area contributed by atoms with E-state index in [1.54, 1.807) is 14.2 Å². The van der Waals surface area contributed by atoms with E-state index in [2.05, 4.69) is 15.1 Å². The highest BCUT2D eigenvalue weighted by atomic mass is 16.5. The quantitative estimate of drug-likeness (QED) is 0.509. The topological polar surface area (TPSA) is 88.2 Å². The van der Waals surface area contributed by atoms with Gasteiger partial charge in [-0.25, -0.2) is 0 Å². The minimum absolute atomic E-state index is 0.00654. The van der Waals surface area contributed by atoms with Crippen LogP contribution in [0.5, 0.6) is 0 Å². The van der Waals surface area contributed by atoms with Crippen molar-refractivity contribution < 1.29 is 29.1 Å². The van der Waals surface area contributed by atoms with Crippen LogP contribution in [0.15, 0.2) is 0 Å². The van der Waals surface area contributed by atoms with Gasteiger partial charge in [0.05, 0.1) is 36.8 Å². The molecular formula is C33H55N4O5+. The summed E-state index contributed by atoms with van der Waals surface area (Å²) in [5.74, 6) is 1.75. The molecule has 4 saturated heterocycles. The summed E-state index contributed by atoms with van der Waals surface area (Å²) >= 11 is 0. The number of rotatable bonds is 6. The summed E-state index contributed by atoms with van der Waals surface area (Å²) in [6, 6.07) is 1.80. The number of piperazine rings is 1. The minimum Gasteiger partial charge on any atom is -0.379 e. The van der Waals surface area contributed by atoms with Crippen molar-refractivity contribution in [2.75, 3.05) is 46.9 Å². The van der Waals surface area contributed by atoms with E-state index in [4.69, 9.17) is 14.2 Å². The van der Waals surface area contributed by atoms with Gasteiger partial charge in [-0.1, -0.05) is 19.3 Å². The summed E-state index contributed by atoms with van der Waals surface area (Å²) in [6.07, 6.45) is 12.3. The number of nitrogens with two attached hydrogens (primary N) is 1. The van der Waals surface area contributed by atoms with E-state index in [1.807, 2.05) is 11.8 Å². The number of methoxy groups -OCH3 is 2. The lowest BCUT2D eigenvalue weighted by Crippen LogP contribution is -2.99. The van der Waals surface area contributed by atoms with E-state index in [1.165, 1.54) is 38.5 Å². The predicted octanol–water partition coefficient (Wildman–Crippen LogP) is 1.64. The van der Waals surface area contributed by atoms with Crippen molar-refractivity contribution in [3.05, 3.63) is 0 Å². The van der Waals surface area contributed by atoms with Crippen molar-refractivity contribution in [3.63, 3.8) is 0 Å². The lowest BCUT2D eigenvalue weighted by Gasteiger charge is -2.53. The molecule has 3 aliphatic carbocycles. The fourth-order valence-corrected chi connectivity index (χ4v) is 11.0. The van der Waals surface area contributed by atoms with Gasteiger partial charge in [-0.05, 0) is 63.7 Å². The zero-order chi connectivity index (χ0) is 29.0. The Labute approximate surface area is 252 Å². The van der Waals surface area contributed by atoms with Crippen molar-refractivity contribution in [1.29, 1.82) is 0 Å². The molecule has 0 bridgehead atoms. The third-order valence-electron chi connectivity index (χ3n) is 12.9. The zero-order valence-electron chi connectivity index (χ0n) is 26.2. The van der Waals surface area contributed by atoms with Crippen LogP contribution in [-0.2, 0) is 23.8 Å². The number of nitrogens with zero attached hydrogens (tertiary/aromatic N) is 3. The Morgan fingerprint density at radius 3 is 2.40 bits per heavy atom.